The van der Waals surface area contributed by atoms with Crippen molar-refractivity contribution >= 4 is 11.5 Å². The van der Waals surface area contributed by atoms with Crippen LogP contribution in [0, 0.1) is 0 Å². The van der Waals surface area contributed by atoms with E-state index in [9.17, 15) is 18.7 Å². The lowest BCUT2D eigenvalue weighted by Crippen LogP contribution is -2.29. The maximum Gasteiger partial charge on any atom is 0.387 e. The third-order valence-electron chi connectivity index (χ3n) is 5.32. The second-order valence-electron chi connectivity index (χ2n) is 7.26. The smallest absolute Gasteiger partial charge is 0.387 e. The minimum atomic E-state index is -2.93. The van der Waals surface area contributed by atoms with Gasteiger partial charge in [0.15, 0.2) is 5.76 Å². The molecule has 5 nitrogen and oxygen atoms in total. The summed E-state index contributed by atoms with van der Waals surface area (Å²) in [5.41, 5.74) is 2.68. The second-order valence-corrected chi connectivity index (χ2v) is 7.26. The normalized spacial score (nSPS) is 16.1. The van der Waals surface area contributed by atoms with E-state index in [1.54, 1.807) is 36.3 Å². The molecule has 1 N–H and O–H groups in total. The van der Waals surface area contributed by atoms with Crippen LogP contribution in [-0.4, -0.2) is 29.6 Å². The summed E-state index contributed by atoms with van der Waals surface area (Å²) >= 11 is 0. The van der Waals surface area contributed by atoms with Crippen molar-refractivity contribution < 1.29 is 28.2 Å². The molecule has 0 bridgehead atoms. The highest BCUT2D eigenvalue weighted by atomic mass is 19.3. The van der Waals surface area contributed by atoms with Gasteiger partial charge >= 0.3 is 6.61 Å². The summed E-state index contributed by atoms with van der Waals surface area (Å²) in [6.07, 6.45) is 0. The zero-order valence-electron chi connectivity index (χ0n) is 17.2. The van der Waals surface area contributed by atoms with Crippen LogP contribution in [0.2, 0.25) is 0 Å². The van der Waals surface area contributed by atoms with E-state index in [0.717, 1.165) is 5.56 Å². The number of rotatable bonds is 7. The molecular formula is C25H21F2NO4. The summed E-state index contributed by atoms with van der Waals surface area (Å²) in [7, 11) is 1.57. The molecule has 1 atom stereocenters. The number of carbonyl (C=O) groups is 1. The monoisotopic (exact) mass is 437 g/mol. The molecule has 1 amide bonds. The maximum absolute atomic E-state index is 13.1. The molecule has 3 aromatic rings. The number of ether oxygens (including phenoxy) is 2. The lowest BCUT2D eigenvalue weighted by Gasteiger charge is -2.27. The Kier molecular flexibility index (Phi) is 6.07. The largest absolute Gasteiger partial charge is 0.503 e. The molecule has 0 radical (unpaired) electrons. The number of hydrogen-bond acceptors (Lipinski definition) is 4. The average molecular weight is 437 g/mol. The first-order chi connectivity index (χ1) is 15.5. The van der Waals surface area contributed by atoms with Crippen LogP contribution in [0.3, 0.4) is 0 Å². The van der Waals surface area contributed by atoms with Gasteiger partial charge in [0.05, 0.1) is 13.2 Å². The Hall–Kier alpha value is -3.87. The number of methoxy groups -OCH3 is 1. The predicted octanol–water partition coefficient (Wildman–Crippen LogP) is 5.35. The van der Waals surface area contributed by atoms with Gasteiger partial charge in [0.2, 0.25) is 0 Å². The van der Waals surface area contributed by atoms with Gasteiger partial charge in [0.25, 0.3) is 5.91 Å². The zero-order chi connectivity index (χ0) is 22.7. The molecule has 0 fully saturated rings. The molecule has 0 saturated heterocycles. The van der Waals surface area contributed by atoms with Crippen LogP contribution < -0.4 is 9.47 Å². The Morgan fingerprint density at radius 3 is 2.16 bits per heavy atom. The van der Waals surface area contributed by atoms with Crippen molar-refractivity contribution in [3.63, 3.8) is 0 Å². The number of benzene rings is 3. The number of halogens is 2. The Balaban J connectivity index is 1.73. The zero-order valence-corrected chi connectivity index (χ0v) is 17.2. The SMILES string of the molecule is COc1ccc(CN2C(=O)C(O)=C(c3ccccc3)[C@@H]2c2ccc(OC(F)F)cc2)cc1. The Labute approximate surface area is 184 Å². The molecule has 0 aromatic heterocycles. The lowest BCUT2D eigenvalue weighted by molar-refractivity contribution is -0.130. The maximum atomic E-state index is 13.1. The minimum Gasteiger partial charge on any atom is -0.503 e. The van der Waals surface area contributed by atoms with Crippen molar-refractivity contribution in [1.82, 2.24) is 4.90 Å². The van der Waals surface area contributed by atoms with Crippen molar-refractivity contribution in [3.8, 4) is 11.5 Å². The van der Waals surface area contributed by atoms with Gasteiger partial charge < -0.3 is 19.5 Å². The summed E-state index contributed by atoms with van der Waals surface area (Å²) in [4.78, 5) is 14.6. The van der Waals surface area contributed by atoms with Gasteiger partial charge in [-0.3, -0.25) is 4.79 Å². The van der Waals surface area contributed by atoms with Gasteiger partial charge in [-0.1, -0.05) is 54.6 Å². The van der Waals surface area contributed by atoms with E-state index in [4.69, 9.17) is 4.74 Å². The fourth-order valence-electron chi connectivity index (χ4n) is 3.84. The topological polar surface area (TPSA) is 59.0 Å². The summed E-state index contributed by atoms with van der Waals surface area (Å²) in [6.45, 7) is -2.69. The van der Waals surface area contributed by atoms with Gasteiger partial charge in [-0.2, -0.15) is 8.78 Å². The molecule has 164 valence electrons. The first-order valence-electron chi connectivity index (χ1n) is 9.95. The lowest BCUT2D eigenvalue weighted by atomic mass is 9.93. The van der Waals surface area contributed by atoms with E-state index >= 15 is 0 Å². The number of carbonyl (C=O) groups excluding carboxylic acids is 1. The van der Waals surface area contributed by atoms with Crippen LogP contribution in [-0.2, 0) is 11.3 Å². The summed E-state index contributed by atoms with van der Waals surface area (Å²) in [6, 6.07) is 21.9. The molecule has 7 heteroatoms. The highest BCUT2D eigenvalue weighted by Crippen LogP contribution is 2.44. The molecule has 1 heterocycles. The Morgan fingerprint density at radius 2 is 1.56 bits per heavy atom. The van der Waals surface area contributed by atoms with E-state index < -0.39 is 18.6 Å². The number of alkyl halides is 2. The minimum absolute atomic E-state index is 0.0178. The molecular weight excluding hydrogens is 416 g/mol. The van der Waals surface area contributed by atoms with Gasteiger partial charge in [-0.15, -0.1) is 0 Å². The van der Waals surface area contributed by atoms with Crippen LogP contribution in [0.25, 0.3) is 5.57 Å². The summed E-state index contributed by atoms with van der Waals surface area (Å²) < 4.78 is 34.7. The number of nitrogens with zero attached hydrogens (tertiary/aromatic N) is 1. The molecule has 0 unspecified atom stereocenters. The Bertz CT molecular complexity index is 1110. The summed E-state index contributed by atoms with van der Waals surface area (Å²) in [5.74, 6) is -0.122. The molecule has 0 aliphatic carbocycles. The first kappa shape index (κ1) is 21.4. The van der Waals surface area contributed by atoms with Crippen LogP contribution >= 0.6 is 0 Å². The van der Waals surface area contributed by atoms with Crippen LogP contribution in [0.5, 0.6) is 11.5 Å². The highest BCUT2D eigenvalue weighted by Gasteiger charge is 2.41. The fourth-order valence-corrected chi connectivity index (χ4v) is 3.84. The molecule has 1 aliphatic rings. The first-order valence-corrected chi connectivity index (χ1v) is 9.95. The van der Waals surface area contributed by atoms with Crippen molar-refractivity contribution in [1.29, 1.82) is 0 Å². The van der Waals surface area contributed by atoms with Crippen LogP contribution in [0.15, 0.2) is 84.6 Å². The Morgan fingerprint density at radius 1 is 0.938 bits per heavy atom. The van der Waals surface area contributed by atoms with Gasteiger partial charge in [0.1, 0.15) is 11.5 Å². The highest BCUT2D eigenvalue weighted by molar-refractivity contribution is 6.05. The molecule has 1 aliphatic heterocycles. The van der Waals surface area contributed by atoms with Crippen LogP contribution in [0.4, 0.5) is 8.78 Å². The molecule has 4 rings (SSSR count). The summed E-state index contributed by atoms with van der Waals surface area (Å²) in [5, 5.41) is 10.8. The van der Waals surface area contributed by atoms with E-state index in [-0.39, 0.29) is 18.1 Å². The van der Waals surface area contributed by atoms with Crippen molar-refractivity contribution in [3.05, 3.63) is 101 Å². The second kappa shape index (κ2) is 9.09. The third kappa shape index (κ3) is 4.27. The third-order valence-corrected chi connectivity index (χ3v) is 5.32. The van der Waals surface area contributed by atoms with Crippen LogP contribution in [0.1, 0.15) is 22.7 Å². The number of aliphatic hydroxyl groups excluding tert-OH is 1. The molecule has 0 spiro atoms. The van der Waals surface area contributed by atoms with Crippen molar-refractivity contribution in [2.45, 2.75) is 19.2 Å². The molecule has 32 heavy (non-hydrogen) atoms. The van der Waals surface area contributed by atoms with Gasteiger partial charge in [0, 0.05) is 12.1 Å². The number of aliphatic hydroxyl groups is 1. The van der Waals surface area contributed by atoms with Crippen molar-refractivity contribution in [2.24, 2.45) is 0 Å². The van der Waals surface area contributed by atoms with Gasteiger partial charge in [-0.25, -0.2) is 0 Å². The number of amides is 1. The average Bonchev–Trinajstić information content (AvgIpc) is 3.05. The fraction of sp³-hybridized carbons (Fsp3) is 0.160. The molecule has 0 saturated carbocycles. The van der Waals surface area contributed by atoms with E-state index in [0.29, 0.717) is 22.4 Å². The number of hydrogen-bond donors (Lipinski definition) is 1. The predicted molar refractivity (Wildman–Crippen MR) is 115 cm³/mol. The van der Waals surface area contributed by atoms with E-state index in [1.165, 1.54) is 12.1 Å². The standard InChI is InChI=1S/C25H21F2NO4/c1-31-19-11-7-16(8-12-19)15-28-22(18-9-13-20(14-10-18)32-25(26)27)21(23(29)24(28)30)17-5-3-2-4-6-17/h2-14,22,25,29H,15H2,1H3/t22-/m0/s1. The quantitative estimate of drug-likeness (QED) is 0.541. The van der Waals surface area contributed by atoms with Crippen molar-refractivity contribution in [2.75, 3.05) is 7.11 Å². The van der Waals surface area contributed by atoms with E-state index in [2.05, 4.69) is 4.74 Å². The van der Waals surface area contributed by atoms with Gasteiger partial charge in [-0.05, 0) is 41.0 Å². The van der Waals surface area contributed by atoms with E-state index in [1.807, 2.05) is 42.5 Å². The molecule has 3 aromatic carbocycles.